The number of anilines is 2. The van der Waals surface area contributed by atoms with Crippen LogP contribution in [-0.2, 0) is 0 Å². The van der Waals surface area contributed by atoms with Crippen LogP contribution < -0.4 is 4.90 Å². The van der Waals surface area contributed by atoms with Crippen molar-refractivity contribution in [2.45, 2.75) is 12.0 Å². The molecule has 0 fully saturated rings. The Morgan fingerprint density at radius 3 is 2.10 bits per heavy atom. The molecule has 4 aromatic rings. The van der Waals surface area contributed by atoms with Crippen LogP contribution >= 0.6 is 0 Å². The van der Waals surface area contributed by atoms with Gasteiger partial charge in [0.1, 0.15) is 12.1 Å². The van der Waals surface area contributed by atoms with Crippen LogP contribution in [0, 0.1) is 22.7 Å². The van der Waals surface area contributed by atoms with Crippen LogP contribution in [0.2, 0.25) is 0 Å². The van der Waals surface area contributed by atoms with Gasteiger partial charge < -0.3 is 4.90 Å². The molecule has 0 aromatic heterocycles. The minimum Gasteiger partial charge on any atom is -0.332 e. The lowest BCUT2D eigenvalue weighted by atomic mass is 9.86. The summed E-state index contributed by atoms with van der Waals surface area (Å²) in [5.74, 6) is 0.173. The average Bonchev–Trinajstić information content (AvgIpc) is 3.19. The second-order valence-corrected chi connectivity index (χ2v) is 7.93. The predicted molar refractivity (Wildman–Crippen MR) is 124 cm³/mol. The van der Waals surface area contributed by atoms with Gasteiger partial charge in [-0.1, -0.05) is 78.9 Å². The number of hydrogen-bond acceptors (Lipinski definition) is 3. The molecular weight excluding hydrogens is 378 g/mol. The molecule has 144 valence electrons. The molecule has 4 aromatic carbocycles. The summed E-state index contributed by atoms with van der Waals surface area (Å²) in [5.41, 5.74) is 4.04. The molecule has 1 heterocycles. The Balaban J connectivity index is 1.79. The summed E-state index contributed by atoms with van der Waals surface area (Å²) in [5, 5.41) is 24.4. The Kier molecular flexibility index (Phi) is 3.72. The zero-order chi connectivity index (χ0) is 20.9. The molecule has 0 radical (unpaired) electrons. The SMILES string of the molecule is N#Cc1cccc(N2c3c(c4ccccc4c4ccccc34)C3C=CC=CC32)c1C#N. The Labute approximate surface area is 180 Å². The lowest BCUT2D eigenvalue weighted by molar-refractivity contribution is 0.747. The number of nitrogens with zero attached hydrogens (tertiary/aromatic N) is 3. The number of fused-ring (bicyclic) bond motifs is 8. The fraction of sp³-hybridized carbons (Fsp3) is 0.0714. The molecule has 2 unspecified atom stereocenters. The Hall–Kier alpha value is -4.34. The van der Waals surface area contributed by atoms with Crippen LogP contribution in [0.3, 0.4) is 0 Å². The molecule has 1 aliphatic carbocycles. The molecule has 6 rings (SSSR count). The van der Waals surface area contributed by atoms with Crippen molar-refractivity contribution in [2.75, 3.05) is 4.90 Å². The zero-order valence-corrected chi connectivity index (χ0v) is 16.7. The van der Waals surface area contributed by atoms with E-state index in [2.05, 4.69) is 89.9 Å². The van der Waals surface area contributed by atoms with Gasteiger partial charge in [0, 0.05) is 11.3 Å². The Morgan fingerprint density at radius 1 is 0.677 bits per heavy atom. The average molecular weight is 395 g/mol. The van der Waals surface area contributed by atoms with E-state index in [4.69, 9.17) is 0 Å². The van der Waals surface area contributed by atoms with E-state index in [9.17, 15) is 10.5 Å². The monoisotopic (exact) mass is 395 g/mol. The first-order chi connectivity index (χ1) is 15.3. The lowest BCUT2D eigenvalue weighted by Gasteiger charge is -2.30. The number of rotatable bonds is 1. The highest BCUT2D eigenvalue weighted by Gasteiger charge is 2.41. The fourth-order valence-corrected chi connectivity index (χ4v) is 5.24. The van der Waals surface area contributed by atoms with Crippen molar-refractivity contribution in [2.24, 2.45) is 0 Å². The number of benzene rings is 4. The van der Waals surface area contributed by atoms with Crippen LogP contribution in [0.25, 0.3) is 21.5 Å². The van der Waals surface area contributed by atoms with Crippen LogP contribution in [0.1, 0.15) is 22.6 Å². The van der Waals surface area contributed by atoms with Gasteiger partial charge in [-0.3, -0.25) is 0 Å². The van der Waals surface area contributed by atoms with Gasteiger partial charge in [0.15, 0.2) is 0 Å². The number of hydrogen-bond donors (Lipinski definition) is 0. The minimum absolute atomic E-state index is 0.0512. The molecule has 31 heavy (non-hydrogen) atoms. The Morgan fingerprint density at radius 2 is 1.35 bits per heavy atom. The topological polar surface area (TPSA) is 50.8 Å². The summed E-state index contributed by atoms with van der Waals surface area (Å²) in [7, 11) is 0. The standard InChI is InChI=1S/C28H17N3/c29-16-18-8-7-15-26(24(18)17-30)31-25-14-6-5-13-23(25)27-21-11-3-1-9-19(21)20-10-2-4-12-22(20)28(27)31/h1-15,23,25H. The summed E-state index contributed by atoms with van der Waals surface area (Å²) in [4.78, 5) is 2.27. The molecular formula is C28H17N3. The fourth-order valence-electron chi connectivity index (χ4n) is 5.24. The molecule has 2 atom stereocenters. The normalized spacial score (nSPS) is 18.6. The van der Waals surface area contributed by atoms with Gasteiger partial charge in [-0.2, -0.15) is 10.5 Å². The van der Waals surface area contributed by atoms with Gasteiger partial charge in [0.2, 0.25) is 0 Å². The van der Waals surface area contributed by atoms with Crippen molar-refractivity contribution in [3.8, 4) is 12.1 Å². The quantitative estimate of drug-likeness (QED) is 0.347. The second-order valence-electron chi connectivity index (χ2n) is 7.93. The van der Waals surface area contributed by atoms with E-state index < -0.39 is 0 Å². The van der Waals surface area contributed by atoms with Crippen LogP contribution in [0.5, 0.6) is 0 Å². The summed E-state index contributed by atoms with van der Waals surface area (Å²) < 4.78 is 0. The first kappa shape index (κ1) is 17.5. The van der Waals surface area contributed by atoms with Gasteiger partial charge in [-0.15, -0.1) is 0 Å². The van der Waals surface area contributed by atoms with Gasteiger partial charge in [0.05, 0.1) is 28.5 Å². The largest absolute Gasteiger partial charge is 0.332 e. The molecule has 0 bridgehead atoms. The van der Waals surface area contributed by atoms with Crippen molar-refractivity contribution < 1.29 is 0 Å². The van der Waals surface area contributed by atoms with Gasteiger partial charge in [-0.05, 0) is 33.9 Å². The van der Waals surface area contributed by atoms with E-state index in [0.29, 0.717) is 11.1 Å². The smallest absolute Gasteiger partial charge is 0.103 e. The lowest BCUT2D eigenvalue weighted by Crippen LogP contribution is -2.29. The number of nitriles is 2. The highest BCUT2D eigenvalue weighted by molar-refractivity contribution is 6.17. The first-order valence-electron chi connectivity index (χ1n) is 10.3. The summed E-state index contributed by atoms with van der Waals surface area (Å²) in [6.45, 7) is 0. The second kappa shape index (κ2) is 6.59. The third-order valence-electron chi connectivity index (χ3n) is 6.46. The molecule has 0 N–H and O–H groups in total. The van der Waals surface area contributed by atoms with E-state index >= 15 is 0 Å². The van der Waals surface area contributed by atoms with E-state index in [0.717, 1.165) is 11.4 Å². The molecule has 3 heteroatoms. The highest BCUT2D eigenvalue weighted by atomic mass is 15.2. The van der Waals surface area contributed by atoms with E-state index in [1.165, 1.54) is 27.1 Å². The van der Waals surface area contributed by atoms with Gasteiger partial charge >= 0.3 is 0 Å². The zero-order valence-electron chi connectivity index (χ0n) is 16.7. The molecule has 0 saturated carbocycles. The van der Waals surface area contributed by atoms with Gasteiger partial charge in [-0.25, -0.2) is 0 Å². The molecule has 0 spiro atoms. The molecule has 3 nitrogen and oxygen atoms in total. The van der Waals surface area contributed by atoms with E-state index in [-0.39, 0.29) is 12.0 Å². The third-order valence-corrected chi connectivity index (χ3v) is 6.46. The summed E-state index contributed by atoms with van der Waals surface area (Å²) >= 11 is 0. The molecule has 2 aliphatic rings. The predicted octanol–water partition coefficient (Wildman–Crippen LogP) is 6.47. The van der Waals surface area contributed by atoms with Crippen LogP contribution in [-0.4, -0.2) is 6.04 Å². The maximum Gasteiger partial charge on any atom is 0.103 e. The number of allylic oxidation sites excluding steroid dienone is 2. The maximum absolute atomic E-state index is 9.96. The van der Waals surface area contributed by atoms with Crippen molar-refractivity contribution in [3.63, 3.8) is 0 Å². The Bertz CT molecular complexity index is 1530. The molecule has 0 amide bonds. The van der Waals surface area contributed by atoms with E-state index in [1.54, 1.807) is 6.07 Å². The van der Waals surface area contributed by atoms with Crippen molar-refractivity contribution >= 4 is 32.9 Å². The summed E-state index contributed by atoms with van der Waals surface area (Å²) in [6, 6.07) is 27.1. The van der Waals surface area contributed by atoms with Crippen molar-refractivity contribution in [1.82, 2.24) is 0 Å². The van der Waals surface area contributed by atoms with Crippen LogP contribution in [0.4, 0.5) is 11.4 Å². The minimum atomic E-state index is 0.0512. The first-order valence-corrected chi connectivity index (χ1v) is 10.3. The summed E-state index contributed by atoms with van der Waals surface area (Å²) in [6.07, 6.45) is 8.64. The van der Waals surface area contributed by atoms with Gasteiger partial charge in [0.25, 0.3) is 0 Å². The van der Waals surface area contributed by atoms with E-state index in [1.807, 2.05) is 12.1 Å². The van der Waals surface area contributed by atoms with Crippen molar-refractivity contribution in [3.05, 3.63) is 108 Å². The highest BCUT2D eigenvalue weighted by Crippen LogP contribution is 2.54. The maximum atomic E-state index is 9.96. The molecule has 0 saturated heterocycles. The van der Waals surface area contributed by atoms with Crippen molar-refractivity contribution in [1.29, 1.82) is 10.5 Å². The third kappa shape index (κ3) is 2.32. The van der Waals surface area contributed by atoms with Crippen LogP contribution in [0.15, 0.2) is 91.0 Å². The molecule has 1 aliphatic heterocycles.